The average Bonchev–Trinajstić information content (AvgIpc) is 2.86. The van der Waals surface area contributed by atoms with E-state index < -0.39 is 0 Å². The lowest BCUT2D eigenvalue weighted by molar-refractivity contribution is -0.886. The Morgan fingerprint density at radius 1 is 1.22 bits per heavy atom. The Balaban J connectivity index is 1.96. The summed E-state index contributed by atoms with van der Waals surface area (Å²) in [5.74, 6) is 1.93. The van der Waals surface area contributed by atoms with Crippen LogP contribution in [-0.2, 0) is 0 Å². The molecule has 192 valence electrons. The Morgan fingerprint density at radius 3 is 2.64 bits per heavy atom. The van der Waals surface area contributed by atoms with Crippen LogP contribution in [0.3, 0.4) is 0 Å². The van der Waals surface area contributed by atoms with E-state index in [0.717, 1.165) is 23.9 Å². The van der Waals surface area contributed by atoms with E-state index in [2.05, 4.69) is 115 Å². The van der Waals surface area contributed by atoms with Gasteiger partial charge in [-0.3, -0.25) is 9.48 Å². The molecule has 36 heavy (non-hydrogen) atoms. The Kier molecular flexibility index (Phi) is 9.68. The van der Waals surface area contributed by atoms with Crippen LogP contribution in [-0.4, -0.2) is 29.8 Å². The largest absolute Gasteiger partial charge is 0.293 e. The molecule has 0 amide bonds. The molecular formula is C34H47N2+. The number of hydrogen-bond donors (Lipinski definition) is 0. The van der Waals surface area contributed by atoms with E-state index in [9.17, 15) is 0 Å². The lowest BCUT2D eigenvalue weighted by Crippen LogP contribution is -2.55. The third-order valence-electron chi connectivity index (χ3n) is 8.54. The second-order valence-corrected chi connectivity index (χ2v) is 11.2. The number of allylic oxidation sites excluding steroid dienone is 7. The highest BCUT2D eigenvalue weighted by atomic mass is 15.3. The molecule has 0 spiro atoms. The number of benzene rings is 1. The number of nitrogens with zero attached hydrogens (tertiary/aromatic N) is 2. The van der Waals surface area contributed by atoms with Crippen molar-refractivity contribution in [1.82, 2.24) is 0 Å². The number of likely N-dealkylation sites (N-methyl/N-ethyl adjacent to an activating group) is 1. The van der Waals surface area contributed by atoms with E-state index in [0.29, 0.717) is 29.7 Å². The summed E-state index contributed by atoms with van der Waals surface area (Å²) in [5, 5.41) is 0. The fourth-order valence-corrected chi connectivity index (χ4v) is 6.21. The van der Waals surface area contributed by atoms with Gasteiger partial charge in [-0.05, 0) is 81.2 Å². The zero-order chi connectivity index (χ0) is 26.3. The fourth-order valence-electron chi connectivity index (χ4n) is 6.21. The Labute approximate surface area is 220 Å². The van der Waals surface area contributed by atoms with Crippen LogP contribution in [0.5, 0.6) is 0 Å². The van der Waals surface area contributed by atoms with Gasteiger partial charge in [-0.15, -0.1) is 6.58 Å². The van der Waals surface area contributed by atoms with E-state index in [4.69, 9.17) is 4.99 Å². The smallest absolute Gasteiger partial charge is 0.119 e. The second-order valence-electron chi connectivity index (χ2n) is 11.2. The van der Waals surface area contributed by atoms with E-state index in [1.807, 2.05) is 19.2 Å². The maximum atomic E-state index is 4.70. The van der Waals surface area contributed by atoms with Crippen molar-refractivity contribution in [1.29, 1.82) is 0 Å². The van der Waals surface area contributed by atoms with Crippen molar-refractivity contribution in [3.05, 3.63) is 102 Å². The molecule has 1 aromatic carbocycles. The highest BCUT2D eigenvalue weighted by Gasteiger charge is 2.41. The SMILES string of the molecule is C=CCC(C(C)C[N@+]1(C)C=CC(c2ccccc2C)=CC1C1CC=CC=C1C)C(C)C(C)=N/C=C\C. The van der Waals surface area contributed by atoms with Gasteiger partial charge in [0, 0.05) is 23.7 Å². The van der Waals surface area contributed by atoms with Crippen LogP contribution in [0.15, 0.2) is 96.3 Å². The molecule has 0 N–H and O–H groups in total. The van der Waals surface area contributed by atoms with Gasteiger partial charge >= 0.3 is 0 Å². The molecule has 2 aliphatic rings. The van der Waals surface area contributed by atoms with Gasteiger partial charge in [0.15, 0.2) is 0 Å². The molecule has 5 unspecified atom stereocenters. The minimum Gasteiger partial charge on any atom is -0.293 e. The molecule has 3 rings (SSSR count). The van der Waals surface area contributed by atoms with Crippen LogP contribution in [0, 0.1) is 30.6 Å². The number of aliphatic imine (C=N–C) groups is 1. The van der Waals surface area contributed by atoms with Gasteiger partial charge in [0.05, 0.1) is 19.8 Å². The van der Waals surface area contributed by atoms with Crippen LogP contribution in [0.1, 0.15) is 58.6 Å². The number of aryl methyl sites for hydroxylation is 1. The highest BCUT2D eigenvalue weighted by Crippen LogP contribution is 2.39. The number of rotatable bonds is 10. The van der Waals surface area contributed by atoms with Crippen LogP contribution < -0.4 is 0 Å². The average molecular weight is 484 g/mol. The van der Waals surface area contributed by atoms with Crippen molar-refractivity contribution in [3.8, 4) is 0 Å². The molecule has 0 aromatic heterocycles. The first-order chi connectivity index (χ1) is 17.2. The van der Waals surface area contributed by atoms with Gasteiger partial charge in [-0.1, -0.05) is 74.1 Å². The molecule has 0 bridgehead atoms. The van der Waals surface area contributed by atoms with E-state index in [1.165, 1.54) is 28.0 Å². The minimum absolute atomic E-state index is 0.394. The van der Waals surface area contributed by atoms with Crippen molar-refractivity contribution >= 4 is 11.3 Å². The lowest BCUT2D eigenvalue weighted by Gasteiger charge is -2.46. The third kappa shape index (κ3) is 6.34. The molecule has 1 aromatic rings. The molecule has 2 nitrogen and oxygen atoms in total. The lowest BCUT2D eigenvalue weighted by atomic mass is 9.76. The predicted octanol–water partition coefficient (Wildman–Crippen LogP) is 8.70. The molecule has 0 fully saturated rings. The summed E-state index contributed by atoms with van der Waals surface area (Å²) in [4.78, 5) is 4.70. The Morgan fingerprint density at radius 2 is 1.97 bits per heavy atom. The fraction of sp³-hybridized carbons (Fsp3) is 0.441. The molecule has 0 radical (unpaired) electrons. The van der Waals surface area contributed by atoms with Crippen LogP contribution >= 0.6 is 0 Å². The summed E-state index contributed by atoms with van der Waals surface area (Å²) in [5.41, 5.74) is 6.73. The quantitative estimate of drug-likeness (QED) is 0.179. The van der Waals surface area contributed by atoms with Crippen LogP contribution in [0.25, 0.3) is 5.57 Å². The summed E-state index contributed by atoms with van der Waals surface area (Å²) < 4.78 is 0.922. The van der Waals surface area contributed by atoms with Crippen molar-refractivity contribution < 1.29 is 4.48 Å². The predicted molar refractivity (Wildman–Crippen MR) is 159 cm³/mol. The van der Waals surface area contributed by atoms with Gasteiger partial charge in [-0.2, -0.15) is 0 Å². The highest BCUT2D eigenvalue weighted by molar-refractivity contribution is 5.84. The first-order valence-electron chi connectivity index (χ1n) is 13.6. The molecule has 1 aliphatic heterocycles. The van der Waals surface area contributed by atoms with Gasteiger partial charge in [0.2, 0.25) is 0 Å². The maximum Gasteiger partial charge on any atom is 0.119 e. The molecule has 0 saturated heterocycles. The van der Waals surface area contributed by atoms with E-state index in [-0.39, 0.29) is 0 Å². The minimum atomic E-state index is 0.394. The summed E-state index contributed by atoms with van der Waals surface area (Å²) in [7, 11) is 2.44. The van der Waals surface area contributed by atoms with Crippen molar-refractivity contribution in [2.45, 2.75) is 60.4 Å². The molecule has 1 aliphatic carbocycles. The standard InChI is InChI=1S/C34H47N2/c1-9-15-31(28(6)29(7)35-21-10-2)27(5)24-36(8)22-20-30(32-18-13-11-16-25(32)3)23-34(36)33-19-14-12-17-26(33)4/h9-14,16-18,20-23,27-28,31,33-34H,1,15,19,24H2,2-8H3/q+1/b21-10-,35-29?/t27?,28?,31?,33?,34?,36-/m0/s1. The monoisotopic (exact) mass is 483 g/mol. The summed E-state index contributed by atoms with van der Waals surface area (Å²) in [6, 6.07) is 9.16. The first-order valence-corrected chi connectivity index (χ1v) is 13.6. The summed E-state index contributed by atoms with van der Waals surface area (Å²) in [6.45, 7) is 18.7. The van der Waals surface area contributed by atoms with Crippen LogP contribution in [0.4, 0.5) is 0 Å². The molecular weight excluding hydrogens is 436 g/mol. The third-order valence-corrected chi connectivity index (χ3v) is 8.54. The van der Waals surface area contributed by atoms with Gasteiger partial charge < -0.3 is 0 Å². The topological polar surface area (TPSA) is 12.4 Å². The van der Waals surface area contributed by atoms with Crippen molar-refractivity contribution in [2.75, 3.05) is 13.6 Å². The zero-order valence-corrected chi connectivity index (χ0v) is 23.6. The Hall–Kier alpha value is -2.71. The molecule has 6 atom stereocenters. The summed E-state index contributed by atoms with van der Waals surface area (Å²) >= 11 is 0. The normalized spacial score (nSPS) is 26.9. The van der Waals surface area contributed by atoms with Crippen molar-refractivity contribution in [2.24, 2.45) is 28.7 Å². The van der Waals surface area contributed by atoms with E-state index >= 15 is 0 Å². The zero-order valence-electron chi connectivity index (χ0n) is 23.6. The Bertz CT molecular complexity index is 1100. The maximum absolute atomic E-state index is 4.70. The van der Waals surface area contributed by atoms with E-state index in [1.54, 1.807) is 0 Å². The second kappa shape index (κ2) is 12.5. The van der Waals surface area contributed by atoms with Crippen molar-refractivity contribution in [3.63, 3.8) is 0 Å². The molecule has 2 heteroatoms. The van der Waals surface area contributed by atoms with Gasteiger partial charge in [-0.25, -0.2) is 0 Å². The number of quaternary nitrogens is 1. The number of hydrogen-bond acceptors (Lipinski definition) is 1. The van der Waals surface area contributed by atoms with Gasteiger partial charge in [0.1, 0.15) is 6.04 Å². The summed E-state index contributed by atoms with van der Waals surface area (Å²) in [6.07, 6.45) is 22.4. The molecule has 1 heterocycles. The van der Waals surface area contributed by atoms with Gasteiger partial charge in [0.25, 0.3) is 0 Å². The first kappa shape index (κ1) is 27.9. The van der Waals surface area contributed by atoms with Crippen LogP contribution in [0.2, 0.25) is 0 Å². The molecule has 0 saturated carbocycles.